The van der Waals surface area contributed by atoms with Crippen molar-refractivity contribution in [2.24, 2.45) is 0 Å². The molecule has 3 saturated heterocycles. The number of ether oxygens (including phenoxy) is 3. The van der Waals surface area contributed by atoms with Gasteiger partial charge in [-0.25, -0.2) is 4.79 Å². The van der Waals surface area contributed by atoms with Crippen LogP contribution in [-0.4, -0.2) is 43.2 Å². The van der Waals surface area contributed by atoms with Gasteiger partial charge in [-0.1, -0.05) is 13.0 Å². The summed E-state index contributed by atoms with van der Waals surface area (Å²) in [7, 11) is 0. The first-order chi connectivity index (χ1) is 11.0. The van der Waals surface area contributed by atoms with E-state index in [9.17, 15) is 14.4 Å². The van der Waals surface area contributed by atoms with E-state index in [1.807, 2.05) is 0 Å². The molecule has 0 unspecified atom stereocenters. The van der Waals surface area contributed by atoms with E-state index in [-0.39, 0.29) is 52.9 Å². The van der Waals surface area contributed by atoms with Crippen LogP contribution in [-0.2, 0) is 28.6 Å². The Labute approximate surface area is 170 Å². The molecule has 3 fully saturated rings. The first kappa shape index (κ1) is 26.1. The van der Waals surface area contributed by atoms with Crippen molar-refractivity contribution in [2.45, 2.75) is 44.9 Å². The molecule has 136 valence electrons. The molecule has 3 rings (SSSR count). The zero-order valence-electron chi connectivity index (χ0n) is 14.8. The second-order valence-electron chi connectivity index (χ2n) is 5.29. The summed E-state index contributed by atoms with van der Waals surface area (Å²) >= 11 is 0. The van der Waals surface area contributed by atoms with Crippen molar-refractivity contribution in [1.29, 1.82) is 0 Å². The summed E-state index contributed by atoms with van der Waals surface area (Å²) in [5.74, 6) is -0.598. The predicted molar refractivity (Wildman–Crippen MR) is 84.1 cm³/mol. The van der Waals surface area contributed by atoms with Gasteiger partial charge in [0.25, 0.3) is 0 Å². The Balaban J connectivity index is 0. The molecule has 0 radical (unpaired) electrons. The van der Waals surface area contributed by atoms with Gasteiger partial charge in [-0.15, -0.1) is 5.57 Å². The number of carbonyl (C=O) groups is 3. The quantitative estimate of drug-likeness (QED) is 0.180. The molecule has 3 aliphatic rings. The van der Waals surface area contributed by atoms with Gasteiger partial charge in [-0.05, 0) is 32.1 Å². The maximum absolute atomic E-state index is 10.5. The van der Waals surface area contributed by atoms with Crippen LogP contribution in [0.2, 0.25) is 0 Å². The average Bonchev–Trinajstić information content (AvgIpc) is 2.55. The molecule has 0 amide bonds. The number of esters is 3. The summed E-state index contributed by atoms with van der Waals surface area (Å²) in [5, 5.41) is 0. The fraction of sp³-hybridized carbons (Fsp3) is 0.588. The van der Waals surface area contributed by atoms with Gasteiger partial charge >= 0.3 is 41.5 Å². The Morgan fingerprint density at radius 3 is 1.60 bits per heavy atom. The zero-order valence-corrected chi connectivity index (χ0v) is 16.8. The van der Waals surface area contributed by atoms with Gasteiger partial charge in [0.2, 0.25) is 0 Å². The average molecular weight is 363 g/mol. The number of cyclic esters (lactones) is 3. The predicted octanol–water partition coefficient (Wildman–Crippen LogP) is -0.897. The third-order valence-corrected chi connectivity index (χ3v) is 3.27. The fourth-order valence-electron chi connectivity index (χ4n) is 1.91. The summed E-state index contributed by atoms with van der Waals surface area (Å²) < 4.78 is 13.9. The van der Waals surface area contributed by atoms with E-state index in [0.29, 0.717) is 43.8 Å². The van der Waals surface area contributed by atoms with Gasteiger partial charge in [0, 0.05) is 12.0 Å². The van der Waals surface area contributed by atoms with Crippen LogP contribution in [0.3, 0.4) is 0 Å². The van der Waals surface area contributed by atoms with E-state index in [4.69, 9.17) is 6.58 Å². The van der Waals surface area contributed by atoms with E-state index in [0.717, 1.165) is 32.1 Å². The molecule has 0 aromatic heterocycles. The summed E-state index contributed by atoms with van der Waals surface area (Å²) in [6.45, 7) is 10.5. The molecule has 0 aromatic rings. The third kappa shape index (κ3) is 11.9. The minimum absolute atomic E-state index is 0. The molecule has 7 nitrogen and oxygen atoms in total. The van der Waals surface area contributed by atoms with Gasteiger partial charge in [-0.3, -0.25) is 11.4 Å². The first-order valence-corrected chi connectivity index (χ1v) is 7.79. The monoisotopic (exact) mass is 363 g/mol. The van der Waals surface area contributed by atoms with Gasteiger partial charge in [-0.2, -0.15) is 0 Å². The Morgan fingerprint density at radius 2 is 1.32 bits per heavy atom. The molecule has 0 aliphatic carbocycles. The first-order valence-electron chi connectivity index (χ1n) is 7.79. The van der Waals surface area contributed by atoms with Crippen molar-refractivity contribution in [3.8, 4) is 0 Å². The van der Waals surface area contributed by atoms with Crippen LogP contribution >= 0.6 is 0 Å². The van der Waals surface area contributed by atoms with Crippen molar-refractivity contribution in [1.82, 2.24) is 0 Å². The Bertz CT molecular complexity index is 402. The molecule has 0 aromatic carbocycles. The molecule has 3 heterocycles. The largest absolute Gasteiger partial charge is 1.00 e. The molecule has 0 saturated carbocycles. The summed E-state index contributed by atoms with van der Waals surface area (Å²) in [4.78, 5) is 31.1. The van der Waals surface area contributed by atoms with Gasteiger partial charge in [0.05, 0.1) is 19.8 Å². The molecule has 25 heavy (non-hydrogen) atoms. The van der Waals surface area contributed by atoms with Gasteiger partial charge in [0.15, 0.2) is 5.97 Å². The third-order valence-electron chi connectivity index (χ3n) is 3.27. The summed E-state index contributed by atoms with van der Waals surface area (Å²) in [6, 6.07) is 0. The second kappa shape index (κ2) is 15.1. The normalized spacial score (nSPS) is 19.1. The van der Waals surface area contributed by atoms with Crippen LogP contribution < -0.4 is 29.6 Å². The van der Waals surface area contributed by atoms with Crippen LogP contribution in [0.1, 0.15) is 44.9 Å². The van der Waals surface area contributed by atoms with Crippen LogP contribution in [0.5, 0.6) is 0 Å². The maximum Gasteiger partial charge on any atom is 1.00 e. The standard InChI is InChI=1S/C6H8O2.C6H7O2.C5H8O2.Na.H2O/c2*1-5-3-2-4-8-6(5)7;6-5-3-1-2-4-7-5;;/h1-4H2;1H,2-4H2;1-4H2;;1H2/q;-1;;+1;/p-1. The van der Waals surface area contributed by atoms with Crippen molar-refractivity contribution < 1.29 is 63.6 Å². The molecule has 3 aliphatic heterocycles. The van der Waals surface area contributed by atoms with Crippen LogP contribution in [0.4, 0.5) is 0 Å². The number of carbonyl (C=O) groups excluding carboxylic acids is 3. The smallest absolute Gasteiger partial charge is 0.870 e. The second-order valence-corrected chi connectivity index (χ2v) is 5.29. The summed E-state index contributed by atoms with van der Waals surface area (Å²) in [6.07, 6.45) is 5.99. The Hall–Kier alpha value is -1.15. The molecule has 0 atom stereocenters. The Morgan fingerprint density at radius 1 is 0.760 bits per heavy atom. The van der Waals surface area contributed by atoms with E-state index in [1.54, 1.807) is 0 Å². The number of rotatable bonds is 0. The number of hydrogen-bond acceptors (Lipinski definition) is 7. The van der Waals surface area contributed by atoms with Crippen molar-refractivity contribution in [2.75, 3.05) is 19.8 Å². The van der Waals surface area contributed by atoms with E-state index < -0.39 is 0 Å². The molecule has 0 bridgehead atoms. The van der Waals surface area contributed by atoms with Crippen LogP contribution in [0, 0.1) is 6.58 Å². The minimum atomic E-state index is -0.337. The molecule has 0 spiro atoms. The topological polar surface area (TPSA) is 109 Å². The Kier molecular flexibility index (Phi) is 15.8. The SMILES string of the molecule is C=C1CCCOC1=O.O=C1CCCCO1.[CH-]=C1CCCOC1=O.[Na+].[OH-]. The summed E-state index contributed by atoms with van der Waals surface area (Å²) in [5.41, 5.74) is 0.965. The number of hydrogen-bond donors (Lipinski definition) is 0. The van der Waals surface area contributed by atoms with Crippen molar-refractivity contribution >= 4 is 17.9 Å². The van der Waals surface area contributed by atoms with E-state index in [1.165, 1.54) is 0 Å². The van der Waals surface area contributed by atoms with Crippen molar-refractivity contribution in [3.05, 3.63) is 24.3 Å². The van der Waals surface area contributed by atoms with Crippen molar-refractivity contribution in [3.63, 3.8) is 0 Å². The van der Waals surface area contributed by atoms with Gasteiger partial charge in [0.1, 0.15) is 0 Å². The van der Waals surface area contributed by atoms with Gasteiger partial charge < -0.3 is 24.5 Å². The molecule has 8 heteroatoms. The van der Waals surface area contributed by atoms with E-state index >= 15 is 0 Å². The molecule has 1 N–H and O–H groups in total. The zero-order chi connectivity index (χ0) is 17.1. The maximum atomic E-state index is 10.5. The minimum Gasteiger partial charge on any atom is -0.870 e. The molecular formula is C17H24NaO7-. The fourth-order valence-corrected chi connectivity index (χ4v) is 1.91. The van der Waals surface area contributed by atoms with Crippen LogP contribution in [0.15, 0.2) is 17.7 Å². The molecular weight excluding hydrogens is 339 g/mol. The van der Waals surface area contributed by atoms with E-state index in [2.05, 4.69) is 20.8 Å². The van der Waals surface area contributed by atoms with Crippen LogP contribution in [0.25, 0.3) is 0 Å².